The summed E-state index contributed by atoms with van der Waals surface area (Å²) in [6.45, 7) is 6.88. The number of aliphatic imine (C=N–C) groups is 1. The number of carbonyl (C=O) groups is 2. The highest BCUT2D eigenvalue weighted by molar-refractivity contribution is 6.04. The van der Waals surface area contributed by atoms with Crippen LogP contribution >= 0.6 is 0 Å². The standard InChI is InChI=1S/C22H28N6O3/c1-14-6-8-17(9-7-14)13-27-18-19(23-21(27)28-16(3)12-15(2)24-28)25(4)22(30)26(20(18)29)10-11-31-5/h6-9,12,18-19H,10-11,13H2,1-5H3. The van der Waals surface area contributed by atoms with Gasteiger partial charge in [0, 0.05) is 26.4 Å². The first-order chi connectivity index (χ1) is 14.8. The third-order valence-corrected chi connectivity index (χ3v) is 5.76. The van der Waals surface area contributed by atoms with E-state index in [2.05, 4.69) is 5.10 Å². The van der Waals surface area contributed by atoms with Crippen molar-refractivity contribution in [2.45, 2.75) is 39.5 Å². The van der Waals surface area contributed by atoms with Crippen LogP contribution in [0.2, 0.25) is 0 Å². The Labute approximate surface area is 181 Å². The van der Waals surface area contributed by atoms with Crippen LogP contribution in [0.25, 0.3) is 0 Å². The van der Waals surface area contributed by atoms with Crippen molar-refractivity contribution in [3.63, 3.8) is 0 Å². The molecule has 1 saturated heterocycles. The normalized spacial score (nSPS) is 21.1. The Morgan fingerprint density at radius 2 is 1.81 bits per heavy atom. The highest BCUT2D eigenvalue weighted by Crippen LogP contribution is 2.30. The number of methoxy groups -OCH3 is 1. The molecule has 0 N–H and O–H groups in total. The number of carbonyl (C=O) groups excluding carboxylic acids is 2. The van der Waals surface area contributed by atoms with E-state index >= 15 is 0 Å². The van der Waals surface area contributed by atoms with E-state index in [4.69, 9.17) is 9.73 Å². The van der Waals surface area contributed by atoms with E-state index in [-0.39, 0.29) is 25.1 Å². The summed E-state index contributed by atoms with van der Waals surface area (Å²) in [5, 5.41) is 4.59. The second kappa shape index (κ2) is 8.14. The van der Waals surface area contributed by atoms with Crippen molar-refractivity contribution >= 4 is 17.9 Å². The lowest BCUT2D eigenvalue weighted by molar-refractivity contribution is -0.138. The molecule has 2 atom stereocenters. The van der Waals surface area contributed by atoms with E-state index in [1.54, 1.807) is 18.8 Å². The third-order valence-electron chi connectivity index (χ3n) is 5.76. The number of aromatic nitrogens is 2. The Bertz CT molecular complexity index is 1030. The fourth-order valence-electron chi connectivity index (χ4n) is 4.12. The average molecular weight is 425 g/mol. The molecular formula is C22H28N6O3. The molecule has 3 amide bonds. The van der Waals surface area contributed by atoms with Crippen LogP contribution in [0.3, 0.4) is 0 Å². The van der Waals surface area contributed by atoms with Gasteiger partial charge in [-0.1, -0.05) is 29.8 Å². The first-order valence-electron chi connectivity index (χ1n) is 10.3. The van der Waals surface area contributed by atoms with Gasteiger partial charge >= 0.3 is 6.03 Å². The summed E-state index contributed by atoms with van der Waals surface area (Å²) in [7, 11) is 3.23. The Kier molecular flexibility index (Phi) is 5.53. The maximum absolute atomic E-state index is 13.5. The van der Waals surface area contributed by atoms with Gasteiger partial charge in [-0.25, -0.2) is 14.5 Å². The number of urea groups is 1. The number of imide groups is 1. The molecule has 164 valence electrons. The second-order valence-electron chi connectivity index (χ2n) is 8.12. The molecule has 0 radical (unpaired) electrons. The summed E-state index contributed by atoms with van der Waals surface area (Å²) < 4.78 is 6.87. The Morgan fingerprint density at radius 3 is 2.42 bits per heavy atom. The molecule has 2 unspecified atom stereocenters. The molecule has 1 fully saturated rings. The summed E-state index contributed by atoms with van der Waals surface area (Å²) in [4.78, 5) is 35.9. The molecule has 2 aromatic rings. The lowest BCUT2D eigenvalue weighted by Crippen LogP contribution is -2.65. The molecule has 2 aliphatic rings. The van der Waals surface area contributed by atoms with Crippen LogP contribution in [0.4, 0.5) is 4.79 Å². The summed E-state index contributed by atoms with van der Waals surface area (Å²) in [5.41, 5.74) is 4.00. The van der Waals surface area contributed by atoms with E-state index in [0.717, 1.165) is 17.0 Å². The van der Waals surface area contributed by atoms with Crippen molar-refractivity contribution in [2.75, 3.05) is 27.3 Å². The first-order valence-corrected chi connectivity index (χ1v) is 10.3. The van der Waals surface area contributed by atoms with Gasteiger partial charge in [0.25, 0.3) is 5.91 Å². The molecule has 9 nitrogen and oxygen atoms in total. The number of likely N-dealkylation sites (N-methyl/N-ethyl adjacent to an activating group) is 1. The maximum atomic E-state index is 13.5. The van der Waals surface area contributed by atoms with Crippen molar-refractivity contribution in [3.05, 3.63) is 52.8 Å². The van der Waals surface area contributed by atoms with Crippen LogP contribution in [-0.2, 0) is 16.1 Å². The molecule has 0 spiro atoms. The van der Waals surface area contributed by atoms with Gasteiger partial charge < -0.3 is 14.5 Å². The fourth-order valence-corrected chi connectivity index (χ4v) is 4.12. The number of rotatable bonds is 5. The summed E-state index contributed by atoms with van der Waals surface area (Å²) in [6.07, 6.45) is -0.608. The van der Waals surface area contributed by atoms with Crippen LogP contribution in [0.15, 0.2) is 35.3 Å². The first kappa shape index (κ1) is 21.0. The lowest BCUT2D eigenvalue weighted by atomic mass is 10.1. The molecule has 1 aromatic carbocycles. The number of hydrogen-bond acceptors (Lipinski definition) is 6. The minimum atomic E-state index is -0.625. The van der Waals surface area contributed by atoms with Crippen molar-refractivity contribution in [2.24, 2.45) is 4.99 Å². The molecule has 2 aliphatic heterocycles. The molecule has 4 rings (SSSR count). The zero-order valence-corrected chi connectivity index (χ0v) is 18.6. The number of amides is 3. The van der Waals surface area contributed by atoms with E-state index in [9.17, 15) is 9.59 Å². The molecule has 9 heteroatoms. The van der Waals surface area contributed by atoms with E-state index < -0.39 is 12.2 Å². The van der Waals surface area contributed by atoms with Crippen LogP contribution in [0.1, 0.15) is 22.5 Å². The van der Waals surface area contributed by atoms with Gasteiger partial charge in [0.1, 0.15) is 0 Å². The maximum Gasteiger partial charge on any atom is 0.328 e. The number of hydrogen-bond donors (Lipinski definition) is 0. The predicted octanol–water partition coefficient (Wildman–Crippen LogP) is 1.76. The molecular weight excluding hydrogens is 396 g/mol. The van der Waals surface area contributed by atoms with Gasteiger partial charge in [0.05, 0.1) is 18.8 Å². The number of aryl methyl sites for hydroxylation is 3. The number of nitrogens with zero attached hydrogens (tertiary/aromatic N) is 6. The second-order valence-corrected chi connectivity index (χ2v) is 8.12. The van der Waals surface area contributed by atoms with Crippen molar-refractivity contribution < 1.29 is 14.3 Å². The molecule has 0 saturated carbocycles. The zero-order valence-electron chi connectivity index (χ0n) is 18.6. The van der Waals surface area contributed by atoms with Crippen molar-refractivity contribution in [1.29, 1.82) is 0 Å². The zero-order chi connectivity index (χ0) is 22.3. The van der Waals surface area contributed by atoms with E-state index in [1.165, 1.54) is 15.4 Å². The van der Waals surface area contributed by atoms with Gasteiger partial charge in [-0.2, -0.15) is 5.10 Å². The summed E-state index contributed by atoms with van der Waals surface area (Å²) >= 11 is 0. The van der Waals surface area contributed by atoms with Gasteiger partial charge in [0.2, 0.25) is 5.96 Å². The van der Waals surface area contributed by atoms with Crippen LogP contribution in [0.5, 0.6) is 0 Å². The fraction of sp³-hybridized carbons (Fsp3) is 0.455. The largest absolute Gasteiger partial charge is 0.383 e. The van der Waals surface area contributed by atoms with Gasteiger partial charge in [-0.3, -0.25) is 9.69 Å². The smallest absolute Gasteiger partial charge is 0.328 e. The van der Waals surface area contributed by atoms with E-state index in [0.29, 0.717) is 12.5 Å². The highest BCUT2D eigenvalue weighted by atomic mass is 16.5. The minimum Gasteiger partial charge on any atom is -0.383 e. The van der Waals surface area contributed by atoms with Gasteiger partial charge in [-0.15, -0.1) is 0 Å². The molecule has 0 bridgehead atoms. The number of fused-ring (bicyclic) bond motifs is 1. The molecule has 1 aromatic heterocycles. The molecule has 3 heterocycles. The number of ether oxygens (including phenoxy) is 1. The Balaban J connectivity index is 1.76. The van der Waals surface area contributed by atoms with Crippen molar-refractivity contribution in [1.82, 2.24) is 24.5 Å². The molecule has 0 aliphatic carbocycles. The Morgan fingerprint density at radius 1 is 1.10 bits per heavy atom. The van der Waals surface area contributed by atoms with Crippen molar-refractivity contribution in [3.8, 4) is 0 Å². The van der Waals surface area contributed by atoms with E-state index in [1.807, 2.05) is 56.0 Å². The third kappa shape index (κ3) is 3.69. The minimum absolute atomic E-state index is 0.204. The van der Waals surface area contributed by atoms with Gasteiger partial charge in [-0.05, 0) is 32.4 Å². The lowest BCUT2D eigenvalue weighted by Gasteiger charge is -2.41. The van der Waals surface area contributed by atoms with Crippen LogP contribution in [0, 0.1) is 20.8 Å². The SMILES string of the molecule is COCCN1C(=O)C2C(N=C(n3nc(C)cc3C)N2Cc2ccc(C)cc2)N(C)C1=O. The quantitative estimate of drug-likeness (QED) is 0.731. The predicted molar refractivity (Wildman–Crippen MR) is 116 cm³/mol. The average Bonchev–Trinajstić information content (AvgIpc) is 3.27. The summed E-state index contributed by atoms with van der Waals surface area (Å²) in [6, 6.07) is 9.17. The number of benzene rings is 1. The van der Waals surface area contributed by atoms with Crippen LogP contribution in [-0.4, -0.2) is 81.9 Å². The molecule has 31 heavy (non-hydrogen) atoms. The van der Waals surface area contributed by atoms with Gasteiger partial charge in [0.15, 0.2) is 12.2 Å². The summed E-state index contributed by atoms with van der Waals surface area (Å²) in [5.74, 6) is 0.306. The topological polar surface area (TPSA) is 83.3 Å². The monoisotopic (exact) mass is 424 g/mol. The highest BCUT2D eigenvalue weighted by Gasteiger charge is 2.52. The Hall–Kier alpha value is -3.20. The van der Waals surface area contributed by atoms with Crippen LogP contribution < -0.4 is 0 Å².